The molecule has 122 valence electrons. The van der Waals surface area contributed by atoms with E-state index in [-0.39, 0.29) is 5.91 Å². The first-order chi connectivity index (χ1) is 11.2. The number of amides is 1. The number of carbonyl (C=O) groups excluding carboxylic acids is 1. The number of nitrogens with zero attached hydrogens (tertiary/aromatic N) is 1. The molecule has 3 nitrogen and oxygen atoms in total. The first kappa shape index (κ1) is 17.4. The summed E-state index contributed by atoms with van der Waals surface area (Å²) in [6.45, 7) is 5.43. The maximum atomic E-state index is 12.5. The third-order valence-electron chi connectivity index (χ3n) is 3.72. The topological polar surface area (TPSA) is 29.5 Å². The van der Waals surface area contributed by atoms with Crippen LogP contribution in [0.1, 0.15) is 29.8 Å². The number of hydrogen-bond donors (Lipinski definition) is 0. The van der Waals surface area contributed by atoms with Crippen molar-refractivity contribution in [2.45, 2.75) is 24.5 Å². The summed E-state index contributed by atoms with van der Waals surface area (Å²) in [5, 5.41) is 0. The Labute approximate surface area is 142 Å². The predicted molar refractivity (Wildman–Crippen MR) is 96.2 cm³/mol. The van der Waals surface area contributed by atoms with Crippen LogP contribution in [0.25, 0.3) is 0 Å². The Kier molecular flexibility index (Phi) is 6.53. The number of hydrogen-bond acceptors (Lipinski definition) is 3. The average molecular weight is 329 g/mol. The zero-order chi connectivity index (χ0) is 16.7. The molecule has 0 saturated carbocycles. The van der Waals surface area contributed by atoms with E-state index in [1.54, 1.807) is 18.9 Å². The number of methoxy groups -OCH3 is 1. The third kappa shape index (κ3) is 4.52. The van der Waals surface area contributed by atoms with Gasteiger partial charge in [-0.05, 0) is 44.2 Å². The summed E-state index contributed by atoms with van der Waals surface area (Å²) in [4.78, 5) is 15.5. The molecule has 0 atom stereocenters. The molecule has 0 radical (unpaired) electrons. The summed E-state index contributed by atoms with van der Waals surface area (Å²) in [6.07, 6.45) is 0. The van der Waals surface area contributed by atoms with Gasteiger partial charge in [-0.3, -0.25) is 4.79 Å². The van der Waals surface area contributed by atoms with Crippen molar-refractivity contribution in [3.63, 3.8) is 0 Å². The van der Waals surface area contributed by atoms with E-state index in [4.69, 9.17) is 4.74 Å². The summed E-state index contributed by atoms with van der Waals surface area (Å²) < 4.78 is 5.44. The van der Waals surface area contributed by atoms with Crippen molar-refractivity contribution in [1.29, 1.82) is 0 Å². The lowest BCUT2D eigenvalue weighted by molar-refractivity contribution is 0.0773. The summed E-state index contributed by atoms with van der Waals surface area (Å²) in [5.41, 5.74) is 1.76. The minimum Gasteiger partial charge on any atom is -0.496 e. The smallest absolute Gasteiger partial charge is 0.253 e. The lowest BCUT2D eigenvalue weighted by Crippen LogP contribution is -2.30. The van der Waals surface area contributed by atoms with Crippen LogP contribution in [0.15, 0.2) is 53.4 Å². The second-order valence-electron chi connectivity index (χ2n) is 5.11. The van der Waals surface area contributed by atoms with E-state index in [0.717, 1.165) is 35.7 Å². The number of thioether (sulfide) groups is 1. The Balaban J connectivity index is 2.20. The number of ether oxygens (including phenoxy) is 1. The summed E-state index contributed by atoms with van der Waals surface area (Å²) in [7, 11) is 1.66. The van der Waals surface area contributed by atoms with E-state index >= 15 is 0 Å². The van der Waals surface area contributed by atoms with Crippen molar-refractivity contribution >= 4 is 17.7 Å². The van der Waals surface area contributed by atoms with Gasteiger partial charge in [0.05, 0.1) is 7.11 Å². The van der Waals surface area contributed by atoms with Crippen molar-refractivity contribution < 1.29 is 9.53 Å². The van der Waals surface area contributed by atoms with Gasteiger partial charge in [-0.25, -0.2) is 0 Å². The fraction of sp³-hybridized carbons (Fsp3) is 0.316. The van der Waals surface area contributed by atoms with Gasteiger partial charge in [0.25, 0.3) is 5.91 Å². The molecule has 0 spiro atoms. The molecule has 0 saturated heterocycles. The van der Waals surface area contributed by atoms with Crippen LogP contribution in [0.2, 0.25) is 0 Å². The fourth-order valence-electron chi connectivity index (χ4n) is 2.40. The fourth-order valence-corrected chi connectivity index (χ4v) is 3.29. The minimum absolute atomic E-state index is 0.0728. The number of carbonyl (C=O) groups is 1. The quantitative estimate of drug-likeness (QED) is 0.702. The normalized spacial score (nSPS) is 10.4. The van der Waals surface area contributed by atoms with Gasteiger partial charge in [0.2, 0.25) is 0 Å². The molecule has 2 aromatic carbocycles. The van der Waals surface area contributed by atoms with E-state index in [1.807, 2.05) is 55.1 Å². The standard InChI is InChI=1S/C19H23NO2S/c1-4-20(5-2)19(21)15-11-12-18(22-3)16(13-15)14-23-17-9-7-6-8-10-17/h6-13H,4-5,14H2,1-3H3. The molecule has 0 unspecified atom stereocenters. The van der Waals surface area contributed by atoms with Crippen molar-refractivity contribution in [2.75, 3.05) is 20.2 Å². The zero-order valence-electron chi connectivity index (χ0n) is 13.9. The van der Waals surface area contributed by atoms with Gasteiger partial charge in [0.1, 0.15) is 5.75 Å². The van der Waals surface area contributed by atoms with Crippen LogP contribution in [0.5, 0.6) is 5.75 Å². The number of benzene rings is 2. The molecular weight excluding hydrogens is 306 g/mol. The molecule has 0 aliphatic heterocycles. The zero-order valence-corrected chi connectivity index (χ0v) is 14.7. The van der Waals surface area contributed by atoms with Gasteiger partial charge in [-0.2, -0.15) is 0 Å². The lowest BCUT2D eigenvalue weighted by Gasteiger charge is -2.19. The Morgan fingerprint density at radius 3 is 2.39 bits per heavy atom. The average Bonchev–Trinajstić information content (AvgIpc) is 2.61. The van der Waals surface area contributed by atoms with Gasteiger partial charge >= 0.3 is 0 Å². The Morgan fingerprint density at radius 2 is 1.78 bits per heavy atom. The van der Waals surface area contributed by atoms with Gasteiger partial charge in [0.15, 0.2) is 0 Å². The first-order valence-electron chi connectivity index (χ1n) is 7.83. The Bertz CT molecular complexity index is 639. The second kappa shape index (κ2) is 8.63. The van der Waals surface area contributed by atoms with Gasteiger partial charge in [-0.1, -0.05) is 18.2 Å². The monoisotopic (exact) mass is 329 g/mol. The first-order valence-corrected chi connectivity index (χ1v) is 8.82. The van der Waals surface area contributed by atoms with E-state index in [2.05, 4.69) is 12.1 Å². The number of rotatable bonds is 7. The molecule has 2 rings (SSSR count). The van der Waals surface area contributed by atoms with Crippen molar-refractivity contribution in [3.05, 3.63) is 59.7 Å². The van der Waals surface area contributed by atoms with Crippen molar-refractivity contribution in [3.8, 4) is 5.75 Å². The largest absolute Gasteiger partial charge is 0.496 e. The van der Waals surface area contributed by atoms with Crippen LogP contribution < -0.4 is 4.74 Å². The molecule has 0 fully saturated rings. The van der Waals surface area contributed by atoms with Crippen LogP contribution in [0, 0.1) is 0 Å². The van der Waals surface area contributed by atoms with E-state index in [1.165, 1.54) is 4.90 Å². The minimum atomic E-state index is 0.0728. The van der Waals surface area contributed by atoms with Crippen LogP contribution in [-0.2, 0) is 5.75 Å². The van der Waals surface area contributed by atoms with Gasteiger partial charge in [0, 0.05) is 34.9 Å². The molecule has 2 aromatic rings. The van der Waals surface area contributed by atoms with Crippen molar-refractivity contribution in [2.24, 2.45) is 0 Å². The lowest BCUT2D eigenvalue weighted by atomic mass is 10.1. The van der Waals surface area contributed by atoms with Gasteiger partial charge < -0.3 is 9.64 Å². The Morgan fingerprint density at radius 1 is 1.09 bits per heavy atom. The van der Waals surface area contributed by atoms with E-state index in [9.17, 15) is 4.79 Å². The SMILES string of the molecule is CCN(CC)C(=O)c1ccc(OC)c(CSc2ccccc2)c1. The molecule has 0 N–H and O–H groups in total. The molecule has 0 heterocycles. The highest BCUT2D eigenvalue weighted by molar-refractivity contribution is 7.98. The molecule has 1 amide bonds. The van der Waals surface area contributed by atoms with E-state index < -0.39 is 0 Å². The highest BCUT2D eigenvalue weighted by Crippen LogP contribution is 2.29. The van der Waals surface area contributed by atoms with Gasteiger partial charge in [-0.15, -0.1) is 11.8 Å². The van der Waals surface area contributed by atoms with E-state index in [0.29, 0.717) is 0 Å². The van der Waals surface area contributed by atoms with Crippen LogP contribution in [-0.4, -0.2) is 31.0 Å². The predicted octanol–water partition coefficient (Wildman–Crippen LogP) is 4.47. The molecular formula is C19H23NO2S. The van der Waals surface area contributed by atoms with Crippen LogP contribution >= 0.6 is 11.8 Å². The molecule has 0 aliphatic carbocycles. The molecule has 0 bridgehead atoms. The second-order valence-corrected chi connectivity index (χ2v) is 6.15. The Hall–Kier alpha value is -1.94. The third-order valence-corrected chi connectivity index (χ3v) is 4.78. The molecule has 23 heavy (non-hydrogen) atoms. The highest BCUT2D eigenvalue weighted by Gasteiger charge is 2.15. The summed E-state index contributed by atoms with van der Waals surface area (Å²) in [6, 6.07) is 15.9. The van der Waals surface area contributed by atoms with Crippen molar-refractivity contribution in [1.82, 2.24) is 4.90 Å². The summed E-state index contributed by atoms with van der Waals surface area (Å²) in [5.74, 6) is 1.67. The van der Waals surface area contributed by atoms with Crippen LogP contribution in [0.3, 0.4) is 0 Å². The molecule has 0 aliphatic rings. The molecule has 4 heteroatoms. The summed E-state index contributed by atoms with van der Waals surface area (Å²) >= 11 is 1.74. The maximum Gasteiger partial charge on any atom is 0.253 e. The maximum absolute atomic E-state index is 12.5. The van der Waals surface area contributed by atoms with Crippen LogP contribution in [0.4, 0.5) is 0 Å². The highest BCUT2D eigenvalue weighted by atomic mass is 32.2. The molecule has 0 aromatic heterocycles.